The molecule has 2 unspecified atom stereocenters. The van der Waals surface area contributed by atoms with Gasteiger partial charge in [-0.05, 0) is 12.3 Å². The smallest absolute Gasteiger partial charge is 0.0349 e. The normalized spacial score (nSPS) is 34.4. The lowest BCUT2D eigenvalue weighted by atomic mass is 9.79. The Hall–Kier alpha value is -0.880. The number of fused-ring (bicyclic) bond motifs is 1. The minimum atomic E-state index is 0.620. The predicted molar refractivity (Wildman–Crippen MR) is 41.0 cm³/mol. The Bertz CT molecular complexity index is 241. The van der Waals surface area contributed by atoms with E-state index in [9.17, 15) is 0 Å². The number of hydrogen-bond donors (Lipinski definition) is 0. The maximum atomic E-state index is 3.27. The van der Waals surface area contributed by atoms with Gasteiger partial charge in [0.15, 0.2) is 0 Å². The highest BCUT2D eigenvalue weighted by atomic mass is 14.2. The van der Waals surface area contributed by atoms with Crippen LogP contribution in [0.15, 0.2) is 0 Å². The second-order valence-electron chi connectivity index (χ2n) is 2.99. The van der Waals surface area contributed by atoms with E-state index in [1.807, 2.05) is 0 Å². The van der Waals surface area contributed by atoms with Crippen LogP contribution in [0.3, 0.4) is 0 Å². The van der Waals surface area contributed by atoms with Crippen LogP contribution in [0.4, 0.5) is 0 Å². The molecular formula is C10H10. The lowest BCUT2D eigenvalue weighted by molar-refractivity contribution is 0.379. The van der Waals surface area contributed by atoms with Crippen molar-refractivity contribution in [3.8, 4) is 23.7 Å². The lowest BCUT2D eigenvalue weighted by Gasteiger charge is -2.23. The summed E-state index contributed by atoms with van der Waals surface area (Å²) in [5.74, 6) is 14.2. The van der Waals surface area contributed by atoms with E-state index in [4.69, 9.17) is 0 Å². The van der Waals surface area contributed by atoms with Crippen LogP contribution in [-0.2, 0) is 0 Å². The van der Waals surface area contributed by atoms with Crippen molar-refractivity contribution in [1.82, 2.24) is 0 Å². The van der Waals surface area contributed by atoms with Crippen LogP contribution in [0, 0.1) is 35.5 Å². The fourth-order valence-corrected chi connectivity index (χ4v) is 1.63. The Morgan fingerprint density at radius 2 is 1.90 bits per heavy atom. The summed E-state index contributed by atoms with van der Waals surface area (Å²) in [5.41, 5.74) is 0. The van der Waals surface area contributed by atoms with Crippen molar-refractivity contribution >= 4 is 0 Å². The van der Waals surface area contributed by atoms with Gasteiger partial charge in [0, 0.05) is 25.2 Å². The Morgan fingerprint density at radius 3 is 2.80 bits per heavy atom. The van der Waals surface area contributed by atoms with Crippen molar-refractivity contribution in [3.63, 3.8) is 0 Å². The minimum Gasteiger partial charge on any atom is -0.103 e. The molecule has 2 atom stereocenters. The van der Waals surface area contributed by atoms with E-state index in [0.717, 1.165) is 25.2 Å². The fraction of sp³-hybridized carbons (Fsp3) is 0.600. The zero-order valence-electron chi connectivity index (χ0n) is 5.98. The first-order valence-electron chi connectivity index (χ1n) is 3.91. The Labute approximate surface area is 62.0 Å². The Balaban J connectivity index is 2.19. The zero-order chi connectivity index (χ0) is 6.81. The molecule has 0 spiro atoms. The summed E-state index contributed by atoms with van der Waals surface area (Å²) < 4.78 is 0. The van der Waals surface area contributed by atoms with E-state index in [0.29, 0.717) is 5.92 Å². The van der Waals surface area contributed by atoms with Crippen molar-refractivity contribution in [1.29, 1.82) is 0 Å². The van der Waals surface area contributed by atoms with Crippen LogP contribution in [0.2, 0.25) is 0 Å². The summed E-state index contributed by atoms with van der Waals surface area (Å²) in [6.07, 6.45) is 4.51. The highest BCUT2D eigenvalue weighted by Gasteiger charge is 2.21. The van der Waals surface area contributed by atoms with E-state index in [1.54, 1.807) is 0 Å². The number of rotatable bonds is 0. The molecule has 10 heavy (non-hydrogen) atoms. The quantitative estimate of drug-likeness (QED) is 0.439. The van der Waals surface area contributed by atoms with Gasteiger partial charge >= 0.3 is 0 Å². The summed E-state index contributed by atoms with van der Waals surface area (Å²) in [6.45, 7) is 0. The molecule has 0 amide bonds. The van der Waals surface area contributed by atoms with Crippen LogP contribution < -0.4 is 0 Å². The van der Waals surface area contributed by atoms with E-state index in [-0.39, 0.29) is 0 Å². The van der Waals surface area contributed by atoms with Gasteiger partial charge in [-0.15, -0.1) is 17.8 Å². The van der Waals surface area contributed by atoms with E-state index in [1.165, 1.54) is 6.42 Å². The summed E-state index contributed by atoms with van der Waals surface area (Å²) in [7, 11) is 0. The fourth-order valence-electron chi connectivity index (χ4n) is 1.63. The topological polar surface area (TPSA) is 0 Å². The first-order valence-corrected chi connectivity index (χ1v) is 3.91. The molecule has 0 bridgehead atoms. The maximum Gasteiger partial charge on any atom is 0.0349 e. The standard InChI is InChI=1S/C10H10/c1-2-6-10-8-4-3-7-9(10)5-1/h9-10H,1,5,7-8H2. The van der Waals surface area contributed by atoms with Gasteiger partial charge in [0.05, 0.1) is 0 Å². The molecule has 0 nitrogen and oxygen atoms in total. The van der Waals surface area contributed by atoms with Crippen LogP contribution in [0.5, 0.6) is 0 Å². The van der Waals surface area contributed by atoms with Gasteiger partial charge in [-0.3, -0.25) is 0 Å². The lowest BCUT2D eigenvalue weighted by Crippen LogP contribution is -2.17. The van der Waals surface area contributed by atoms with Gasteiger partial charge < -0.3 is 0 Å². The average Bonchev–Trinajstić information content (AvgIpc) is 2.05. The third-order valence-electron chi connectivity index (χ3n) is 2.31. The molecule has 0 heteroatoms. The first-order chi connectivity index (χ1) is 4.97. The summed E-state index contributed by atoms with van der Waals surface area (Å²) >= 11 is 0. The van der Waals surface area contributed by atoms with Crippen molar-refractivity contribution in [2.45, 2.75) is 25.7 Å². The van der Waals surface area contributed by atoms with E-state index >= 15 is 0 Å². The SMILES string of the molecule is C1#CC2CC#CCC2CC1. The molecule has 0 aromatic heterocycles. The Kier molecular flexibility index (Phi) is 1.40. The van der Waals surface area contributed by atoms with Gasteiger partial charge in [0.2, 0.25) is 0 Å². The first kappa shape index (κ1) is 5.87. The third kappa shape index (κ3) is 0.910. The summed E-state index contributed by atoms with van der Waals surface area (Å²) in [5, 5.41) is 0. The van der Waals surface area contributed by atoms with Gasteiger partial charge in [-0.25, -0.2) is 0 Å². The third-order valence-corrected chi connectivity index (χ3v) is 2.31. The summed E-state index contributed by atoms with van der Waals surface area (Å²) in [6, 6.07) is 0. The molecular weight excluding hydrogens is 120 g/mol. The molecule has 2 aliphatic carbocycles. The van der Waals surface area contributed by atoms with Crippen molar-refractivity contribution < 1.29 is 0 Å². The molecule has 0 fully saturated rings. The van der Waals surface area contributed by atoms with Gasteiger partial charge in [-0.1, -0.05) is 5.92 Å². The van der Waals surface area contributed by atoms with E-state index < -0.39 is 0 Å². The van der Waals surface area contributed by atoms with Crippen molar-refractivity contribution in [2.24, 2.45) is 11.8 Å². The largest absolute Gasteiger partial charge is 0.103 e. The van der Waals surface area contributed by atoms with Gasteiger partial charge in [-0.2, -0.15) is 0 Å². The summed E-state index contributed by atoms with van der Waals surface area (Å²) in [4.78, 5) is 0. The molecule has 0 saturated carbocycles. The maximum absolute atomic E-state index is 3.27. The van der Waals surface area contributed by atoms with Gasteiger partial charge in [0.25, 0.3) is 0 Å². The predicted octanol–water partition coefficient (Wildman–Crippen LogP) is 1.81. The van der Waals surface area contributed by atoms with E-state index in [2.05, 4.69) is 23.7 Å². The van der Waals surface area contributed by atoms with Crippen molar-refractivity contribution in [2.75, 3.05) is 0 Å². The zero-order valence-corrected chi connectivity index (χ0v) is 5.98. The highest BCUT2D eigenvalue weighted by Crippen LogP contribution is 2.28. The molecule has 0 aliphatic heterocycles. The number of hydrogen-bond acceptors (Lipinski definition) is 0. The average molecular weight is 130 g/mol. The molecule has 2 aliphatic rings. The molecule has 0 aromatic carbocycles. The molecule has 0 saturated heterocycles. The minimum absolute atomic E-state index is 0.620. The monoisotopic (exact) mass is 130 g/mol. The highest BCUT2D eigenvalue weighted by molar-refractivity contribution is 5.18. The van der Waals surface area contributed by atoms with Crippen LogP contribution in [0.1, 0.15) is 25.7 Å². The van der Waals surface area contributed by atoms with Crippen LogP contribution in [-0.4, -0.2) is 0 Å². The van der Waals surface area contributed by atoms with Crippen molar-refractivity contribution in [3.05, 3.63) is 0 Å². The molecule has 0 radical (unpaired) electrons. The molecule has 0 aromatic rings. The molecule has 50 valence electrons. The second kappa shape index (κ2) is 2.39. The van der Waals surface area contributed by atoms with Crippen LogP contribution >= 0.6 is 0 Å². The molecule has 0 heterocycles. The Morgan fingerprint density at radius 1 is 1.00 bits per heavy atom. The molecule has 2 rings (SSSR count). The van der Waals surface area contributed by atoms with Crippen LogP contribution in [0.25, 0.3) is 0 Å². The molecule has 0 N–H and O–H groups in total. The second-order valence-corrected chi connectivity index (χ2v) is 2.99. The van der Waals surface area contributed by atoms with Gasteiger partial charge in [0.1, 0.15) is 0 Å².